The van der Waals surface area contributed by atoms with Crippen molar-refractivity contribution in [3.8, 4) is 5.75 Å². The molecule has 0 aliphatic heterocycles. The Balaban J connectivity index is 1.29. The highest BCUT2D eigenvalue weighted by molar-refractivity contribution is 9.10. The minimum atomic E-state index is -0.530. The quantitative estimate of drug-likeness (QED) is 0.176. The smallest absolute Gasteiger partial charge is 0.305 e. The van der Waals surface area contributed by atoms with Crippen molar-refractivity contribution in [3.05, 3.63) is 97.6 Å². The number of carbonyl (C=O) groups excluding carboxylic acids is 1. The molecule has 0 fully saturated rings. The fourth-order valence-corrected chi connectivity index (χ4v) is 5.57. The minimum absolute atomic E-state index is 0.0131. The number of ether oxygens (including phenoxy) is 1. The summed E-state index contributed by atoms with van der Waals surface area (Å²) in [5, 5.41) is 13.4. The first-order chi connectivity index (χ1) is 18.9. The lowest BCUT2D eigenvalue weighted by atomic mass is 10.1. The molecule has 3 aromatic carbocycles. The van der Waals surface area contributed by atoms with Crippen molar-refractivity contribution in [2.45, 2.75) is 32.3 Å². The van der Waals surface area contributed by atoms with E-state index in [4.69, 9.17) is 4.74 Å². The van der Waals surface area contributed by atoms with Crippen molar-refractivity contribution in [2.75, 3.05) is 32.8 Å². The summed E-state index contributed by atoms with van der Waals surface area (Å²) in [6, 6.07) is 21.8. The maximum Gasteiger partial charge on any atom is 0.305 e. The largest absolute Gasteiger partial charge is 0.506 e. The standard InChI is InChI=1S/C30H34BrN3O4S/c1-21(38-20-15-23-7-10-25(31)11-8-23)29(36)34(18-14-22-5-3-2-4-6-22)19-17-32-16-13-24-9-12-26(35)27-28(24)39-30(37)33-27/h2-12,21,32,35H,13-20H2,1H3,(H,33,37). The number of rotatable bonds is 14. The number of amides is 1. The number of phenols is 1. The van der Waals surface area contributed by atoms with Gasteiger partial charge in [-0.25, -0.2) is 0 Å². The van der Waals surface area contributed by atoms with Crippen LogP contribution in [0.4, 0.5) is 0 Å². The predicted octanol–water partition coefficient (Wildman–Crippen LogP) is 4.91. The van der Waals surface area contributed by atoms with E-state index in [1.54, 1.807) is 6.07 Å². The van der Waals surface area contributed by atoms with E-state index < -0.39 is 6.10 Å². The normalized spacial score (nSPS) is 12.1. The zero-order chi connectivity index (χ0) is 27.6. The van der Waals surface area contributed by atoms with Crippen molar-refractivity contribution in [2.24, 2.45) is 0 Å². The Bertz CT molecular complexity index is 1410. The molecule has 206 valence electrons. The number of aromatic nitrogens is 1. The monoisotopic (exact) mass is 611 g/mol. The molecule has 1 atom stereocenters. The van der Waals surface area contributed by atoms with Gasteiger partial charge in [-0.1, -0.05) is 75.8 Å². The van der Waals surface area contributed by atoms with E-state index in [1.165, 1.54) is 11.1 Å². The van der Waals surface area contributed by atoms with Crippen LogP contribution in [0.25, 0.3) is 10.2 Å². The molecule has 0 saturated heterocycles. The van der Waals surface area contributed by atoms with E-state index in [0.717, 1.165) is 38.9 Å². The molecule has 3 N–H and O–H groups in total. The van der Waals surface area contributed by atoms with Crippen molar-refractivity contribution in [3.63, 3.8) is 0 Å². The number of H-pyrrole nitrogens is 1. The van der Waals surface area contributed by atoms with Gasteiger partial charge < -0.3 is 25.0 Å². The molecule has 0 aliphatic rings. The summed E-state index contributed by atoms with van der Waals surface area (Å²) in [4.78, 5) is 29.5. The fourth-order valence-electron chi connectivity index (χ4n) is 4.41. The summed E-state index contributed by atoms with van der Waals surface area (Å²) >= 11 is 4.56. The van der Waals surface area contributed by atoms with Crippen LogP contribution in [0.1, 0.15) is 23.6 Å². The van der Waals surface area contributed by atoms with Gasteiger partial charge in [-0.15, -0.1) is 0 Å². The predicted molar refractivity (Wildman–Crippen MR) is 161 cm³/mol. The highest BCUT2D eigenvalue weighted by Crippen LogP contribution is 2.27. The lowest BCUT2D eigenvalue weighted by Gasteiger charge is -2.26. The highest BCUT2D eigenvalue weighted by atomic mass is 79.9. The lowest BCUT2D eigenvalue weighted by molar-refractivity contribution is -0.142. The van der Waals surface area contributed by atoms with Gasteiger partial charge in [0.1, 0.15) is 17.4 Å². The maximum absolute atomic E-state index is 13.3. The van der Waals surface area contributed by atoms with E-state index in [-0.39, 0.29) is 16.5 Å². The zero-order valence-corrected chi connectivity index (χ0v) is 24.4. The lowest BCUT2D eigenvalue weighted by Crippen LogP contribution is -2.44. The number of aromatic hydroxyl groups is 1. The topological polar surface area (TPSA) is 94.7 Å². The molecule has 0 radical (unpaired) electrons. The number of nitrogens with zero attached hydrogens (tertiary/aromatic N) is 1. The van der Waals surface area contributed by atoms with Gasteiger partial charge in [-0.05, 0) is 67.6 Å². The number of fused-ring (bicyclic) bond motifs is 1. The van der Waals surface area contributed by atoms with Gasteiger partial charge in [0.05, 0.1) is 11.3 Å². The molecule has 0 aliphatic carbocycles. The Morgan fingerprint density at radius 3 is 2.51 bits per heavy atom. The second kappa shape index (κ2) is 14.4. The molecule has 0 saturated carbocycles. The van der Waals surface area contributed by atoms with Crippen molar-refractivity contribution >= 4 is 43.4 Å². The highest BCUT2D eigenvalue weighted by Gasteiger charge is 2.21. The summed E-state index contributed by atoms with van der Waals surface area (Å²) in [5.74, 6) is 0.0710. The number of hydrogen-bond donors (Lipinski definition) is 3. The Hall–Kier alpha value is -2.98. The van der Waals surface area contributed by atoms with Crippen LogP contribution in [0.15, 0.2) is 76.0 Å². The zero-order valence-electron chi connectivity index (χ0n) is 22.0. The van der Waals surface area contributed by atoms with Crippen molar-refractivity contribution < 1.29 is 14.6 Å². The molecule has 4 aromatic rings. The molecular formula is C30H34BrN3O4S. The molecule has 1 unspecified atom stereocenters. The summed E-state index contributed by atoms with van der Waals surface area (Å²) in [6.07, 6.45) is 1.70. The average Bonchev–Trinajstić information content (AvgIpc) is 3.35. The third-order valence-corrected chi connectivity index (χ3v) is 8.10. The van der Waals surface area contributed by atoms with Crippen LogP contribution in [0.3, 0.4) is 0 Å². The summed E-state index contributed by atoms with van der Waals surface area (Å²) in [7, 11) is 0. The van der Waals surface area contributed by atoms with Gasteiger partial charge in [-0.3, -0.25) is 9.59 Å². The van der Waals surface area contributed by atoms with Crippen LogP contribution >= 0.6 is 27.3 Å². The van der Waals surface area contributed by atoms with E-state index >= 15 is 0 Å². The van der Waals surface area contributed by atoms with Gasteiger partial charge in [-0.2, -0.15) is 0 Å². The molecule has 9 heteroatoms. The van der Waals surface area contributed by atoms with Crippen molar-refractivity contribution in [1.82, 2.24) is 15.2 Å². The molecule has 1 amide bonds. The van der Waals surface area contributed by atoms with E-state index in [1.807, 2.05) is 48.2 Å². The number of phenolic OH excluding ortho intramolecular Hbond substituents is 1. The number of thiazole rings is 1. The molecule has 7 nitrogen and oxygen atoms in total. The minimum Gasteiger partial charge on any atom is -0.506 e. The van der Waals surface area contributed by atoms with Crippen LogP contribution in [-0.2, 0) is 28.8 Å². The molecule has 39 heavy (non-hydrogen) atoms. The number of aromatic amines is 1. The first-order valence-electron chi connectivity index (χ1n) is 13.1. The number of nitrogens with one attached hydrogen (secondary N) is 2. The number of benzene rings is 3. The summed E-state index contributed by atoms with van der Waals surface area (Å²) in [6.45, 7) is 4.80. The van der Waals surface area contributed by atoms with E-state index in [2.05, 4.69) is 50.5 Å². The second-order valence-corrected chi connectivity index (χ2v) is 11.3. The Kier molecular flexibility index (Phi) is 10.7. The first-order valence-corrected chi connectivity index (χ1v) is 14.7. The van der Waals surface area contributed by atoms with Gasteiger partial charge >= 0.3 is 4.87 Å². The van der Waals surface area contributed by atoms with Crippen LogP contribution < -0.4 is 10.2 Å². The Labute approximate surface area is 241 Å². The second-order valence-electron chi connectivity index (χ2n) is 9.41. The van der Waals surface area contributed by atoms with Gasteiger partial charge in [0.15, 0.2) is 0 Å². The van der Waals surface area contributed by atoms with Crippen LogP contribution in [0.5, 0.6) is 5.75 Å². The number of hydrogen-bond acceptors (Lipinski definition) is 6. The van der Waals surface area contributed by atoms with Gasteiger partial charge in [0.2, 0.25) is 0 Å². The Morgan fingerprint density at radius 1 is 1.00 bits per heavy atom. The Morgan fingerprint density at radius 2 is 1.74 bits per heavy atom. The van der Waals surface area contributed by atoms with E-state index in [9.17, 15) is 14.7 Å². The summed E-state index contributed by atoms with van der Waals surface area (Å²) < 4.78 is 7.76. The first kappa shape index (κ1) is 29.0. The van der Waals surface area contributed by atoms with E-state index in [0.29, 0.717) is 44.7 Å². The van der Waals surface area contributed by atoms with Crippen LogP contribution in [0, 0.1) is 0 Å². The molecule has 0 bridgehead atoms. The SMILES string of the molecule is CC(OCCc1ccc(Br)cc1)C(=O)N(CCNCCc1ccc(O)c2[nH]c(=O)sc12)CCc1ccccc1. The third-order valence-electron chi connectivity index (χ3n) is 6.61. The fraction of sp³-hybridized carbons (Fsp3) is 0.333. The third kappa shape index (κ3) is 8.50. The number of halogens is 1. The molecule has 0 spiro atoms. The molecule has 1 aromatic heterocycles. The number of carbonyl (C=O) groups is 1. The van der Waals surface area contributed by atoms with Crippen LogP contribution in [0.2, 0.25) is 0 Å². The molecular weight excluding hydrogens is 578 g/mol. The molecule has 4 rings (SSSR count). The van der Waals surface area contributed by atoms with Gasteiger partial charge in [0.25, 0.3) is 5.91 Å². The molecule has 1 heterocycles. The van der Waals surface area contributed by atoms with Crippen LogP contribution in [-0.4, -0.2) is 59.8 Å². The maximum atomic E-state index is 13.3. The van der Waals surface area contributed by atoms with Crippen molar-refractivity contribution in [1.29, 1.82) is 0 Å². The summed E-state index contributed by atoms with van der Waals surface area (Å²) in [5.41, 5.74) is 3.85. The average molecular weight is 613 g/mol. The van der Waals surface area contributed by atoms with Gasteiger partial charge in [0, 0.05) is 24.1 Å².